The SMILES string of the molecule is CCc1ccc(S(=O)(=O)Nc2ccc(NCCN(C)C)nc2)cc1. The molecule has 0 spiro atoms. The molecular formula is C17H24N4O2S. The van der Waals surface area contributed by atoms with Crippen molar-refractivity contribution in [3.8, 4) is 0 Å². The lowest BCUT2D eigenvalue weighted by atomic mass is 10.2. The maximum Gasteiger partial charge on any atom is 0.261 e. The zero-order chi connectivity index (χ0) is 17.6. The maximum absolute atomic E-state index is 12.4. The first-order valence-corrected chi connectivity index (χ1v) is 9.35. The summed E-state index contributed by atoms with van der Waals surface area (Å²) in [5.41, 5.74) is 1.54. The molecule has 0 radical (unpaired) electrons. The number of hydrogen-bond acceptors (Lipinski definition) is 5. The van der Waals surface area contributed by atoms with Gasteiger partial charge in [-0.1, -0.05) is 19.1 Å². The van der Waals surface area contributed by atoms with Crippen molar-refractivity contribution in [1.29, 1.82) is 0 Å². The minimum atomic E-state index is -3.60. The Hall–Kier alpha value is -2.12. The van der Waals surface area contributed by atoms with Crippen molar-refractivity contribution in [3.05, 3.63) is 48.2 Å². The summed E-state index contributed by atoms with van der Waals surface area (Å²) in [6.07, 6.45) is 2.38. The van der Waals surface area contributed by atoms with Gasteiger partial charge in [0.05, 0.1) is 16.8 Å². The van der Waals surface area contributed by atoms with E-state index in [1.807, 2.05) is 33.2 Å². The number of hydrogen-bond donors (Lipinski definition) is 2. The second-order valence-corrected chi connectivity index (χ2v) is 7.45. The Bertz CT molecular complexity index is 741. The van der Waals surface area contributed by atoms with E-state index >= 15 is 0 Å². The van der Waals surface area contributed by atoms with E-state index in [1.165, 1.54) is 6.20 Å². The highest BCUT2D eigenvalue weighted by Crippen LogP contribution is 2.17. The molecule has 0 aliphatic rings. The third-order valence-electron chi connectivity index (χ3n) is 3.52. The molecule has 0 aliphatic heterocycles. The third kappa shape index (κ3) is 5.21. The minimum Gasteiger partial charge on any atom is -0.369 e. The molecule has 1 heterocycles. The highest BCUT2D eigenvalue weighted by atomic mass is 32.2. The number of pyridine rings is 1. The average Bonchev–Trinajstić information content (AvgIpc) is 2.56. The molecule has 1 aromatic carbocycles. The first-order valence-electron chi connectivity index (χ1n) is 7.87. The van der Waals surface area contributed by atoms with Crippen LogP contribution in [0.2, 0.25) is 0 Å². The summed E-state index contributed by atoms with van der Waals surface area (Å²) >= 11 is 0. The topological polar surface area (TPSA) is 74.3 Å². The van der Waals surface area contributed by atoms with Gasteiger partial charge in [-0.3, -0.25) is 4.72 Å². The van der Waals surface area contributed by atoms with Crippen LogP contribution in [-0.2, 0) is 16.4 Å². The molecule has 0 atom stereocenters. The van der Waals surface area contributed by atoms with Gasteiger partial charge in [0.1, 0.15) is 5.82 Å². The normalized spacial score (nSPS) is 11.5. The molecule has 6 nitrogen and oxygen atoms in total. The molecule has 1 aromatic heterocycles. The Balaban J connectivity index is 2.01. The van der Waals surface area contributed by atoms with Gasteiger partial charge in [0.15, 0.2) is 0 Å². The second kappa shape index (κ2) is 8.12. The van der Waals surface area contributed by atoms with Gasteiger partial charge in [-0.05, 0) is 50.3 Å². The van der Waals surface area contributed by atoms with E-state index in [0.29, 0.717) is 11.5 Å². The highest BCUT2D eigenvalue weighted by molar-refractivity contribution is 7.92. The van der Waals surface area contributed by atoms with E-state index in [4.69, 9.17) is 0 Å². The van der Waals surface area contributed by atoms with E-state index in [9.17, 15) is 8.42 Å². The van der Waals surface area contributed by atoms with E-state index in [1.54, 1.807) is 24.3 Å². The van der Waals surface area contributed by atoms with Gasteiger partial charge in [0.25, 0.3) is 10.0 Å². The second-order valence-electron chi connectivity index (χ2n) is 5.77. The molecule has 24 heavy (non-hydrogen) atoms. The monoisotopic (exact) mass is 348 g/mol. The largest absolute Gasteiger partial charge is 0.369 e. The van der Waals surface area contributed by atoms with E-state index < -0.39 is 10.0 Å². The van der Waals surface area contributed by atoms with Gasteiger partial charge in [0, 0.05) is 13.1 Å². The summed E-state index contributed by atoms with van der Waals surface area (Å²) in [7, 11) is 0.404. The first-order chi connectivity index (χ1) is 11.4. The van der Waals surface area contributed by atoms with E-state index in [-0.39, 0.29) is 4.90 Å². The number of anilines is 2. The summed E-state index contributed by atoms with van der Waals surface area (Å²) in [6, 6.07) is 10.3. The molecule has 2 aromatic rings. The molecule has 0 unspecified atom stereocenters. The van der Waals surface area contributed by atoms with Crippen molar-refractivity contribution in [1.82, 2.24) is 9.88 Å². The van der Waals surface area contributed by atoms with Crippen molar-refractivity contribution in [2.45, 2.75) is 18.2 Å². The highest BCUT2D eigenvalue weighted by Gasteiger charge is 2.14. The molecule has 0 fully saturated rings. The van der Waals surface area contributed by atoms with Gasteiger partial charge in [-0.15, -0.1) is 0 Å². The number of aromatic nitrogens is 1. The number of benzene rings is 1. The molecule has 0 amide bonds. The van der Waals surface area contributed by atoms with Crippen LogP contribution in [0.4, 0.5) is 11.5 Å². The van der Waals surface area contributed by atoms with Gasteiger partial charge in [-0.25, -0.2) is 13.4 Å². The fraction of sp³-hybridized carbons (Fsp3) is 0.353. The Morgan fingerprint density at radius 2 is 1.79 bits per heavy atom. The summed E-state index contributed by atoms with van der Waals surface area (Å²) in [6.45, 7) is 3.69. The molecule has 0 saturated carbocycles. The number of sulfonamides is 1. The summed E-state index contributed by atoms with van der Waals surface area (Å²) in [4.78, 5) is 6.54. The summed E-state index contributed by atoms with van der Waals surface area (Å²) in [5, 5.41) is 3.18. The Labute approximate surface area is 144 Å². The Morgan fingerprint density at radius 3 is 2.33 bits per heavy atom. The predicted molar refractivity (Wildman–Crippen MR) is 97.9 cm³/mol. The smallest absolute Gasteiger partial charge is 0.261 e. The van der Waals surface area contributed by atoms with Gasteiger partial charge >= 0.3 is 0 Å². The zero-order valence-electron chi connectivity index (χ0n) is 14.3. The quantitative estimate of drug-likeness (QED) is 0.766. The van der Waals surface area contributed by atoms with Crippen molar-refractivity contribution >= 4 is 21.5 Å². The summed E-state index contributed by atoms with van der Waals surface area (Å²) < 4.78 is 27.3. The molecule has 7 heteroatoms. The fourth-order valence-corrected chi connectivity index (χ4v) is 3.13. The number of nitrogens with zero attached hydrogens (tertiary/aromatic N) is 2. The lowest BCUT2D eigenvalue weighted by Crippen LogP contribution is -2.21. The van der Waals surface area contributed by atoms with Gasteiger partial charge < -0.3 is 10.2 Å². The number of rotatable bonds is 8. The standard InChI is InChI=1S/C17H24N4O2S/c1-4-14-5-8-16(9-6-14)24(22,23)20-15-7-10-17(19-13-15)18-11-12-21(2)3/h5-10,13,20H,4,11-12H2,1-3H3,(H,18,19). The molecule has 0 aliphatic carbocycles. The number of aryl methyl sites for hydroxylation is 1. The molecule has 0 bridgehead atoms. The molecule has 2 rings (SSSR count). The maximum atomic E-state index is 12.4. The van der Waals surface area contributed by atoms with Crippen LogP contribution in [-0.4, -0.2) is 45.5 Å². The average molecular weight is 348 g/mol. The third-order valence-corrected chi connectivity index (χ3v) is 4.92. The van der Waals surface area contributed by atoms with Crippen molar-refractivity contribution < 1.29 is 8.42 Å². The van der Waals surface area contributed by atoms with Crippen LogP contribution in [0, 0.1) is 0 Å². The van der Waals surface area contributed by atoms with E-state index in [0.717, 1.165) is 25.1 Å². The lowest BCUT2D eigenvalue weighted by molar-refractivity contribution is 0.425. The number of nitrogens with one attached hydrogen (secondary N) is 2. The van der Waals surface area contributed by atoms with Crippen molar-refractivity contribution in [3.63, 3.8) is 0 Å². The van der Waals surface area contributed by atoms with Crippen LogP contribution in [0.1, 0.15) is 12.5 Å². The summed E-state index contributed by atoms with van der Waals surface area (Å²) in [5.74, 6) is 0.715. The first kappa shape index (κ1) is 18.2. The van der Waals surface area contributed by atoms with Crippen LogP contribution in [0.3, 0.4) is 0 Å². The minimum absolute atomic E-state index is 0.243. The van der Waals surface area contributed by atoms with Crippen LogP contribution >= 0.6 is 0 Å². The Morgan fingerprint density at radius 1 is 1.08 bits per heavy atom. The van der Waals surface area contributed by atoms with Crippen LogP contribution in [0.25, 0.3) is 0 Å². The van der Waals surface area contributed by atoms with Crippen LogP contribution in [0.5, 0.6) is 0 Å². The van der Waals surface area contributed by atoms with Crippen LogP contribution in [0.15, 0.2) is 47.5 Å². The van der Waals surface area contributed by atoms with E-state index in [2.05, 4.69) is 19.9 Å². The van der Waals surface area contributed by atoms with Gasteiger partial charge in [-0.2, -0.15) is 0 Å². The van der Waals surface area contributed by atoms with Crippen LogP contribution < -0.4 is 10.0 Å². The number of likely N-dealkylation sites (N-methyl/N-ethyl adjacent to an activating group) is 1. The van der Waals surface area contributed by atoms with Crippen molar-refractivity contribution in [2.75, 3.05) is 37.2 Å². The molecule has 0 saturated heterocycles. The van der Waals surface area contributed by atoms with Gasteiger partial charge in [0.2, 0.25) is 0 Å². The molecular weight excluding hydrogens is 324 g/mol. The molecule has 130 valence electrons. The fourth-order valence-electron chi connectivity index (χ4n) is 2.08. The predicted octanol–water partition coefficient (Wildman–Crippen LogP) is 2.42. The lowest BCUT2D eigenvalue weighted by Gasteiger charge is -2.12. The zero-order valence-corrected chi connectivity index (χ0v) is 15.1. The Kier molecular flexibility index (Phi) is 6.16. The van der Waals surface area contributed by atoms with Crippen molar-refractivity contribution in [2.24, 2.45) is 0 Å². The molecule has 2 N–H and O–H groups in total.